The Balaban J connectivity index is 1.90. The van der Waals surface area contributed by atoms with Gasteiger partial charge in [0.25, 0.3) is 0 Å². The lowest BCUT2D eigenvalue weighted by atomic mass is 9.80. The third-order valence-corrected chi connectivity index (χ3v) is 5.44. The minimum Gasteiger partial charge on any atom is -0.375 e. The van der Waals surface area contributed by atoms with Crippen molar-refractivity contribution in [3.63, 3.8) is 0 Å². The van der Waals surface area contributed by atoms with Crippen molar-refractivity contribution >= 4 is 5.91 Å². The molecule has 5 unspecified atom stereocenters. The number of ether oxygens (including phenoxy) is 1. The highest BCUT2D eigenvalue weighted by Gasteiger charge is 2.45. The fourth-order valence-corrected chi connectivity index (χ4v) is 3.99. The second-order valence-electron chi connectivity index (χ2n) is 7.64. The van der Waals surface area contributed by atoms with Crippen molar-refractivity contribution in [2.24, 2.45) is 17.6 Å². The maximum atomic E-state index is 11.9. The van der Waals surface area contributed by atoms with Crippen molar-refractivity contribution in [2.45, 2.75) is 90.0 Å². The molecule has 4 heteroatoms. The number of nitrogens with one attached hydrogen (secondary N) is 1. The number of carbonyl (C=O) groups is 1. The van der Waals surface area contributed by atoms with Gasteiger partial charge in [0.15, 0.2) is 0 Å². The van der Waals surface area contributed by atoms with Gasteiger partial charge in [-0.05, 0) is 57.8 Å². The Morgan fingerprint density at radius 2 is 1.90 bits per heavy atom. The third kappa shape index (κ3) is 3.98. The average molecular weight is 296 g/mol. The summed E-state index contributed by atoms with van der Waals surface area (Å²) in [6.45, 7) is 8.77. The molecule has 0 aromatic heterocycles. The van der Waals surface area contributed by atoms with E-state index in [0.717, 1.165) is 43.9 Å². The van der Waals surface area contributed by atoms with E-state index in [1.54, 1.807) is 0 Å². The zero-order chi connectivity index (χ0) is 15.6. The molecule has 2 fully saturated rings. The first-order valence-corrected chi connectivity index (χ1v) is 8.55. The van der Waals surface area contributed by atoms with Crippen molar-refractivity contribution < 1.29 is 9.53 Å². The summed E-state index contributed by atoms with van der Waals surface area (Å²) in [6, 6.07) is 0.256. The molecule has 0 saturated heterocycles. The van der Waals surface area contributed by atoms with Crippen LogP contribution in [0.15, 0.2) is 0 Å². The van der Waals surface area contributed by atoms with E-state index in [1.165, 1.54) is 6.42 Å². The Morgan fingerprint density at radius 3 is 2.48 bits per heavy atom. The molecular weight excluding hydrogens is 264 g/mol. The van der Waals surface area contributed by atoms with Crippen molar-refractivity contribution in [2.75, 3.05) is 0 Å². The number of carbonyl (C=O) groups excluding carboxylic acids is 1. The van der Waals surface area contributed by atoms with Crippen LogP contribution in [0.1, 0.15) is 66.2 Å². The number of rotatable bonds is 5. The van der Waals surface area contributed by atoms with Gasteiger partial charge >= 0.3 is 0 Å². The SMILES string of the molecule is CC(C)NC1(C(N)=O)CCC(OC2CCC(C)C(C)C2)C1. The Kier molecular flexibility index (Phi) is 5.31. The summed E-state index contributed by atoms with van der Waals surface area (Å²) in [7, 11) is 0. The Labute approximate surface area is 129 Å². The van der Waals surface area contributed by atoms with Crippen LogP contribution in [0.5, 0.6) is 0 Å². The van der Waals surface area contributed by atoms with Gasteiger partial charge in [-0.15, -0.1) is 0 Å². The average Bonchev–Trinajstić information content (AvgIpc) is 2.77. The van der Waals surface area contributed by atoms with Crippen molar-refractivity contribution in [1.82, 2.24) is 5.32 Å². The number of hydrogen-bond acceptors (Lipinski definition) is 3. The zero-order valence-corrected chi connectivity index (χ0v) is 14.0. The summed E-state index contributed by atoms with van der Waals surface area (Å²) in [5, 5.41) is 3.38. The number of nitrogens with two attached hydrogens (primary N) is 1. The second-order valence-corrected chi connectivity index (χ2v) is 7.64. The molecule has 2 rings (SSSR count). The molecule has 0 heterocycles. The molecule has 0 aromatic rings. The molecule has 5 atom stereocenters. The lowest BCUT2D eigenvalue weighted by Gasteiger charge is -2.34. The Bertz CT molecular complexity index is 372. The highest BCUT2D eigenvalue weighted by Crippen LogP contribution is 2.37. The molecule has 2 saturated carbocycles. The van der Waals surface area contributed by atoms with Crippen LogP contribution < -0.4 is 11.1 Å². The van der Waals surface area contributed by atoms with Crippen LogP contribution in [0.25, 0.3) is 0 Å². The van der Waals surface area contributed by atoms with Gasteiger partial charge in [-0.2, -0.15) is 0 Å². The highest BCUT2D eigenvalue weighted by molar-refractivity contribution is 5.85. The summed E-state index contributed by atoms with van der Waals surface area (Å²) in [5.74, 6) is 1.31. The standard InChI is InChI=1S/C17H32N2O2/c1-11(2)19-17(16(18)20)8-7-15(10-17)21-14-6-5-12(3)13(4)9-14/h11-15,19H,5-10H2,1-4H3,(H2,18,20). The number of hydrogen-bond donors (Lipinski definition) is 2. The van der Waals surface area contributed by atoms with Gasteiger partial charge < -0.3 is 15.8 Å². The summed E-state index contributed by atoms with van der Waals surface area (Å²) < 4.78 is 6.31. The van der Waals surface area contributed by atoms with E-state index in [9.17, 15) is 4.79 Å². The maximum Gasteiger partial charge on any atom is 0.237 e. The van der Waals surface area contributed by atoms with Crippen LogP contribution in [-0.4, -0.2) is 29.7 Å². The first kappa shape index (κ1) is 16.8. The molecule has 4 nitrogen and oxygen atoms in total. The van der Waals surface area contributed by atoms with E-state index in [1.807, 2.05) is 0 Å². The van der Waals surface area contributed by atoms with Crippen molar-refractivity contribution in [1.29, 1.82) is 0 Å². The minimum absolute atomic E-state index is 0.175. The van der Waals surface area contributed by atoms with Crippen LogP contribution in [0, 0.1) is 11.8 Å². The Morgan fingerprint density at radius 1 is 1.19 bits per heavy atom. The molecule has 2 aliphatic rings. The van der Waals surface area contributed by atoms with Gasteiger partial charge in [-0.3, -0.25) is 4.79 Å². The predicted octanol–water partition coefficient (Wildman–Crippen LogP) is 2.60. The maximum absolute atomic E-state index is 11.9. The van der Waals surface area contributed by atoms with Gasteiger partial charge in [-0.25, -0.2) is 0 Å². The van der Waals surface area contributed by atoms with E-state index in [-0.39, 0.29) is 18.1 Å². The predicted molar refractivity (Wildman–Crippen MR) is 84.9 cm³/mol. The lowest BCUT2D eigenvalue weighted by molar-refractivity contribution is -0.125. The van der Waals surface area contributed by atoms with Gasteiger partial charge in [0, 0.05) is 12.5 Å². The topological polar surface area (TPSA) is 64.3 Å². The molecule has 0 aromatic carbocycles. The largest absolute Gasteiger partial charge is 0.375 e. The van der Waals surface area contributed by atoms with Crippen molar-refractivity contribution in [3.05, 3.63) is 0 Å². The first-order chi connectivity index (χ1) is 9.82. The molecule has 0 bridgehead atoms. The van der Waals surface area contributed by atoms with Crippen LogP contribution in [0.3, 0.4) is 0 Å². The summed E-state index contributed by atoms with van der Waals surface area (Å²) in [5.41, 5.74) is 5.10. The van der Waals surface area contributed by atoms with E-state index >= 15 is 0 Å². The first-order valence-electron chi connectivity index (χ1n) is 8.55. The van der Waals surface area contributed by atoms with Gasteiger partial charge in [-0.1, -0.05) is 13.8 Å². The number of primary amides is 1. The number of amides is 1. The molecule has 0 aliphatic heterocycles. The monoisotopic (exact) mass is 296 g/mol. The van der Waals surface area contributed by atoms with Gasteiger partial charge in [0.2, 0.25) is 5.91 Å². The van der Waals surface area contributed by atoms with Crippen LogP contribution in [0.4, 0.5) is 0 Å². The van der Waals surface area contributed by atoms with Crippen LogP contribution >= 0.6 is 0 Å². The fraction of sp³-hybridized carbons (Fsp3) is 0.941. The third-order valence-electron chi connectivity index (χ3n) is 5.44. The molecule has 0 radical (unpaired) electrons. The fourth-order valence-electron chi connectivity index (χ4n) is 3.99. The van der Waals surface area contributed by atoms with E-state index in [2.05, 4.69) is 33.0 Å². The summed E-state index contributed by atoms with van der Waals surface area (Å²) >= 11 is 0. The molecule has 122 valence electrons. The molecule has 21 heavy (non-hydrogen) atoms. The van der Waals surface area contributed by atoms with Gasteiger partial charge in [0.1, 0.15) is 5.54 Å². The summed E-state index contributed by atoms with van der Waals surface area (Å²) in [4.78, 5) is 11.9. The molecule has 1 amide bonds. The van der Waals surface area contributed by atoms with Crippen molar-refractivity contribution in [3.8, 4) is 0 Å². The van der Waals surface area contributed by atoms with E-state index in [0.29, 0.717) is 6.10 Å². The Hall–Kier alpha value is -0.610. The molecular formula is C17H32N2O2. The van der Waals surface area contributed by atoms with E-state index in [4.69, 9.17) is 10.5 Å². The molecule has 0 spiro atoms. The molecule has 3 N–H and O–H groups in total. The van der Waals surface area contributed by atoms with Crippen LogP contribution in [-0.2, 0) is 9.53 Å². The van der Waals surface area contributed by atoms with E-state index < -0.39 is 5.54 Å². The molecule has 2 aliphatic carbocycles. The normalized spacial score (nSPS) is 40.6. The van der Waals surface area contributed by atoms with Crippen LogP contribution in [0.2, 0.25) is 0 Å². The summed E-state index contributed by atoms with van der Waals surface area (Å²) in [6.07, 6.45) is 6.55. The minimum atomic E-state index is -0.563. The second kappa shape index (κ2) is 6.66. The zero-order valence-electron chi connectivity index (χ0n) is 14.0. The lowest BCUT2D eigenvalue weighted by Crippen LogP contribution is -2.56. The quantitative estimate of drug-likeness (QED) is 0.819. The van der Waals surface area contributed by atoms with Gasteiger partial charge in [0.05, 0.1) is 12.2 Å². The smallest absolute Gasteiger partial charge is 0.237 e. The highest BCUT2D eigenvalue weighted by atomic mass is 16.5.